The number of amides is 1. The Morgan fingerprint density at radius 1 is 0.868 bits per heavy atom. The van der Waals surface area contributed by atoms with Gasteiger partial charge in [0.15, 0.2) is 5.76 Å². The number of carbonyl (C=O) groups is 1. The second-order valence-electron chi connectivity index (χ2n) is 9.78. The summed E-state index contributed by atoms with van der Waals surface area (Å²) in [7, 11) is 0. The van der Waals surface area contributed by atoms with Gasteiger partial charge in [0, 0.05) is 18.0 Å². The minimum Gasteiger partial charge on any atom is -0.459 e. The minimum absolute atomic E-state index is 0.00505. The van der Waals surface area contributed by atoms with Crippen molar-refractivity contribution in [1.29, 1.82) is 0 Å². The van der Waals surface area contributed by atoms with Crippen molar-refractivity contribution in [3.8, 4) is 11.1 Å². The Morgan fingerprint density at radius 2 is 1.61 bits per heavy atom. The summed E-state index contributed by atoms with van der Waals surface area (Å²) < 4.78 is 12.2. The molecule has 0 bridgehead atoms. The molecule has 0 fully saturated rings. The quantitative estimate of drug-likeness (QED) is 0.273. The van der Waals surface area contributed by atoms with Gasteiger partial charge < -0.3 is 19.9 Å². The largest absolute Gasteiger partial charge is 0.459 e. The molecule has 0 saturated carbocycles. The van der Waals surface area contributed by atoms with Crippen LogP contribution in [0.15, 0.2) is 109 Å². The summed E-state index contributed by atoms with van der Waals surface area (Å²) in [6.45, 7) is 0.348. The number of anilines is 1. The summed E-state index contributed by atoms with van der Waals surface area (Å²) >= 11 is 0. The summed E-state index contributed by atoms with van der Waals surface area (Å²) in [6.07, 6.45) is 2.85. The van der Waals surface area contributed by atoms with Gasteiger partial charge in [-0.05, 0) is 63.6 Å². The van der Waals surface area contributed by atoms with Crippen molar-refractivity contribution in [2.45, 2.75) is 38.3 Å². The molecule has 2 atom stereocenters. The molecule has 5 nitrogen and oxygen atoms in total. The second kappa shape index (κ2) is 10.7. The van der Waals surface area contributed by atoms with Gasteiger partial charge in [-0.1, -0.05) is 84.9 Å². The van der Waals surface area contributed by atoms with E-state index < -0.39 is 6.29 Å². The molecule has 1 aliphatic heterocycles. The highest BCUT2D eigenvalue weighted by molar-refractivity contribution is 6.02. The summed E-state index contributed by atoms with van der Waals surface area (Å²) in [6, 6.07) is 32.1. The van der Waals surface area contributed by atoms with Gasteiger partial charge in [-0.15, -0.1) is 0 Å². The van der Waals surface area contributed by atoms with Crippen LogP contribution in [-0.2, 0) is 33.9 Å². The first-order chi connectivity index (χ1) is 18.7. The van der Waals surface area contributed by atoms with Crippen molar-refractivity contribution < 1.29 is 19.4 Å². The smallest absolute Gasteiger partial charge is 0.290 e. The predicted molar refractivity (Wildman–Crippen MR) is 147 cm³/mol. The molecule has 2 N–H and O–H groups in total. The van der Waals surface area contributed by atoms with Crippen molar-refractivity contribution in [3.05, 3.63) is 137 Å². The van der Waals surface area contributed by atoms with Gasteiger partial charge in [-0.25, -0.2) is 0 Å². The average molecular weight is 504 g/mol. The number of para-hydroxylation sites is 1. The summed E-state index contributed by atoms with van der Waals surface area (Å²) in [4.78, 5) is 13.2. The zero-order chi connectivity index (χ0) is 25.9. The Morgan fingerprint density at radius 3 is 2.42 bits per heavy atom. The van der Waals surface area contributed by atoms with Gasteiger partial charge in [0.25, 0.3) is 5.91 Å². The van der Waals surface area contributed by atoms with Gasteiger partial charge >= 0.3 is 0 Å². The van der Waals surface area contributed by atoms with Crippen LogP contribution in [0.25, 0.3) is 11.1 Å². The summed E-state index contributed by atoms with van der Waals surface area (Å²) in [5.41, 5.74) is 8.91. The highest BCUT2D eigenvalue weighted by atomic mass is 16.7. The van der Waals surface area contributed by atoms with E-state index in [1.54, 1.807) is 0 Å². The molecule has 1 amide bonds. The van der Waals surface area contributed by atoms with Gasteiger partial charge in [-0.3, -0.25) is 4.79 Å². The van der Waals surface area contributed by atoms with Crippen LogP contribution >= 0.6 is 0 Å². The van der Waals surface area contributed by atoms with Crippen LogP contribution < -0.4 is 5.32 Å². The van der Waals surface area contributed by atoms with E-state index in [0.29, 0.717) is 18.7 Å². The fourth-order valence-corrected chi connectivity index (χ4v) is 5.19. The van der Waals surface area contributed by atoms with E-state index >= 15 is 0 Å². The molecule has 38 heavy (non-hydrogen) atoms. The number of carbonyl (C=O) groups excluding carboxylic acids is 1. The topological polar surface area (TPSA) is 67.8 Å². The Kier molecular flexibility index (Phi) is 6.78. The normalized spacial score (nSPS) is 17.7. The molecule has 5 heteroatoms. The van der Waals surface area contributed by atoms with Crippen molar-refractivity contribution in [2.75, 3.05) is 5.32 Å². The molecule has 0 radical (unpaired) electrons. The van der Waals surface area contributed by atoms with E-state index in [1.807, 2.05) is 60.7 Å². The minimum atomic E-state index is -0.579. The fraction of sp³-hybridized carbons (Fsp3) is 0.182. The lowest BCUT2D eigenvalue weighted by molar-refractivity contribution is -0.147. The first-order valence-electron chi connectivity index (χ1n) is 12.9. The highest BCUT2D eigenvalue weighted by Crippen LogP contribution is 2.40. The SMILES string of the molecule is O=C(Nc1ccccc1)C1=C[C@@H](c2ccc3c(c2)Cc2ccccc2-3)C[C@@H](OCc2ccc(CO)cc2)O1. The molecular weight excluding hydrogens is 474 g/mol. The van der Waals surface area contributed by atoms with E-state index in [0.717, 1.165) is 23.1 Å². The van der Waals surface area contributed by atoms with Crippen molar-refractivity contribution in [3.63, 3.8) is 0 Å². The number of aliphatic hydroxyl groups excluding tert-OH is 1. The van der Waals surface area contributed by atoms with Crippen LogP contribution in [0.5, 0.6) is 0 Å². The molecule has 2 aliphatic rings. The standard InChI is InChI=1S/C33H29NO4/c35-20-22-10-12-23(13-11-22)21-37-32-19-26(18-31(38-32)33(36)34-28-7-2-1-3-8-28)24-14-15-30-27(16-24)17-25-6-4-5-9-29(25)30/h1-16,18,26,32,35H,17,19-21H2,(H,34,36)/t26-,32+/m1/s1. The van der Waals surface area contributed by atoms with Gasteiger partial charge in [-0.2, -0.15) is 0 Å². The number of aliphatic hydroxyl groups is 1. The Balaban J connectivity index is 1.24. The number of fused-ring (bicyclic) bond motifs is 3. The number of allylic oxidation sites excluding steroid dienone is 1. The molecule has 1 heterocycles. The van der Waals surface area contributed by atoms with Gasteiger partial charge in [0.1, 0.15) is 0 Å². The predicted octanol–water partition coefficient (Wildman–Crippen LogP) is 6.32. The number of ether oxygens (including phenoxy) is 2. The maximum Gasteiger partial charge on any atom is 0.290 e. The van der Waals surface area contributed by atoms with Crippen LogP contribution in [0.2, 0.25) is 0 Å². The van der Waals surface area contributed by atoms with Gasteiger partial charge in [0.2, 0.25) is 6.29 Å². The molecule has 6 rings (SSSR count). The van der Waals surface area contributed by atoms with Crippen molar-refractivity contribution in [2.24, 2.45) is 0 Å². The molecule has 0 spiro atoms. The number of hydrogen-bond donors (Lipinski definition) is 2. The van der Waals surface area contributed by atoms with Crippen molar-refractivity contribution in [1.82, 2.24) is 0 Å². The molecule has 190 valence electrons. The van der Waals surface area contributed by atoms with E-state index in [2.05, 4.69) is 47.8 Å². The lowest BCUT2D eigenvalue weighted by atomic mass is 9.90. The monoisotopic (exact) mass is 503 g/mol. The third kappa shape index (κ3) is 5.12. The molecule has 0 aromatic heterocycles. The van der Waals surface area contributed by atoms with E-state index in [4.69, 9.17) is 9.47 Å². The Bertz CT molecular complexity index is 1480. The van der Waals surface area contributed by atoms with Crippen molar-refractivity contribution >= 4 is 11.6 Å². The third-order valence-electron chi connectivity index (χ3n) is 7.20. The molecule has 0 unspecified atom stereocenters. The first-order valence-corrected chi connectivity index (χ1v) is 12.9. The summed E-state index contributed by atoms with van der Waals surface area (Å²) in [5.74, 6) is -0.0686. The van der Waals surface area contributed by atoms with Crippen LogP contribution in [0, 0.1) is 0 Å². The lowest BCUT2D eigenvalue weighted by Crippen LogP contribution is -2.29. The van der Waals surface area contributed by atoms with E-state index in [1.165, 1.54) is 22.3 Å². The molecule has 0 saturated heterocycles. The second-order valence-corrected chi connectivity index (χ2v) is 9.78. The van der Waals surface area contributed by atoms with Crippen LogP contribution in [0.3, 0.4) is 0 Å². The van der Waals surface area contributed by atoms with E-state index in [9.17, 15) is 9.90 Å². The maximum absolute atomic E-state index is 13.2. The number of hydrogen-bond acceptors (Lipinski definition) is 4. The number of benzene rings is 4. The molecule has 4 aromatic carbocycles. The Labute approximate surface area is 222 Å². The Hall–Kier alpha value is -4.19. The zero-order valence-corrected chi connectivity index (χ0v) is 21.0. The maximum atomic E-state index is 13.2. The van der Waals surface area contributed by atoms with Gasteiger partial charge in [0.05, 0.1) is 13.2 Å². The van der Waals surface area contributed by atoms with Crippen LogP contribution in [0.1, 0.15) is 40.2 Å². The molecular formula is C33H29NO4. The fourth-order valence-electron chi connectivity index (χ4n) is 5.19. The third-order valence-corrected chi connectivity index (χ3v) is 7.20. The number of nitrogens with one attached hydrogen (secondary N) is 1. The molecule has 1 aliphatic carbocycles. The highest BCUT2D eigenvalue weighted by Gasteiger charge is 2.30. The average Bonchev–Trinajstić information content (AvgIpc) is 3.34. The van der Waals surface area contributed by atoms with Crippen LogP contribution in [-0.4, -0.2) is 17.3 Å². The zero-order valence-electron chi connectivity index (χ0n) is 21.0. The summed E-state index contributed by atoms with van der Waals surface area (Å²) in [5, 5.41) is 12.2. The lowest BCUT2D eigenvalue weighted by Gasteiger charge is -2.29. The molecule has 4 aromatic rings. The van der Waals surface area contributed by atoms with Crippen LogP contribution in [0.4, 0.5) is 5.69 Å². The number of rotatable bonds is 7. The van der Waals surface area contributed by atoms with E-state index in [-0.39, 0.29) is 24.2 Å². The first kappa shape index (κ1) is 24.2.